The number of phenolic OH excluding ortho intramolecular Hbond substituents is 1. The summed E-state index contributed by atoms with van der Waals surface area (Å²) in [4.78, 5) is 0. The molecule has 0 heterocycles. The van der Waals surface area contributed by atoms with Crippen molar-refractivity contribution in [1.82, 2.24) is 0 Å². The highest BCUT2D eigenvalue weighted by Gasteiger charge is 2.39. The third-order valence-corrected chi connectivity index (χ3v) is 1.76. The smallest absolute Gasteiger partial charge is 0.421 e. The molecule has 0 unspecified atom stereocenters. The van der Waals surface area contributed by atoms with Crippen molar-refractivity contribution >= 4 is 5.69 Å². The van der Waals surface area contributed by atoms with Gasteiger partial charge in [0.05, 0.1) is 5.56 Å². The van der Waals surface area contributed by atoms with Crippen LogP contribution < -0.4 is 5.73 Å². The molecule has 0 saturated carbocycles. The Morgan fingerprint density at radius 1 is 0.938 bits per heavy atom. The first-order valence-corrected chi connectivity index (χ1v) is 3.80. The Kier molecular flexibility index (Phi) is 2.70. The van der Waals surface area contributed by atoms with E-state index in [0.717, 1.165) is 0 Å². The number of nitrogens with two attached hydrogens (primary N) is 1. The Bertz CT molecular complexity index is 385. The molecule has 0 aromatic heterocycles. The van der Waals surface area contributed by atoms with Gasteiger partial charge >= 0.3 is 12.4 Å². The number of anilines is 1. The number of halogens is 6. The normalized spacial score (nSPS) is 12.9. The van der Waals surface area contributed by atoms with Gasteiger partial charge in [-0.3, -0.25) is 0 Å². The van der Waals surface area contributed by atoms with E-state index in [-0.39, 0.29) is 12.1 Å². The van der Waals surface area contributed by atoms with Crippen LogP contribution in [0.1, 0.15) is 11.1 Å². The standard InChI is InChI=1S/C8H5F6NO/c9-7(10,11)3-1-4(15)6(5(16)2-3)8(12,13)14/h1-2,16H,15H2. The Hall–Kier alpha value is -1.60. The number of phenols is 1. The Morgan fingerprint density at radius 3 is 1.75 bits per heavy atom. The molecule has 16 heavy (non-hydrogen) atoms. The lowest BCUT2D eigenvalue weighted by molar-refractivity contribution is -0.141. The maximum atomic E-state index is 12.2. The van der Waals surface area contributed by atoms with Gasteiger partial charge in [-0.25, -0.2) is 0 Å². The van der Waals surface area contributed by atoms with Crippen molar-refractivity contribution < 1.29 is 31.4 Å². The molecule has 3 N–H and O–H groups in total. The second-order valence-electron chi connectivity index (χ2n) is 2.96. The minimum absolute atomic E-state index is 0.0147. The van der Waals surface area contributed by atoms with Crippen molar-refractivity contribution in [2.75, 3.05) is 5.73 Å². The minimum atomic E-state index is -5.00. The average Bonchev–Trinajstić information content (AvgIpc) is 1.97. The molecule has 0 aliphatic heterocycles. The van der Waals surface area contributed by atoms with Gasteiger partial charge < -0.3 is 10.8 Å². The van der Waals surface area contributed by atoms with Crippen molar-refractivity contribution in [1.29, 1.82) is 0 Å². The molecule has 0 fully saturated rings. The molecule has 0 spiro atoms. The van der Waals surface area contributed by atoms with E-state index < -0.39 is 34.9 Å². The van der Waals surface area contributed by atoms with Crippen LogP contribution in [0.2, 0.25) is 0 Å². The minimum Gasteiger partial charge on any atom is -0.507 e. The van der Waals surface area contributed by atoms with Crippen LogP contribution in [0, 0.1) is 0 Å². The van der Waals surface area contributed by atoms with Gasteiger partial charge in [0, 0.05) is 5.69 Å². The quantitative estimate of drug-likeness (QED) is 0.545. The molecule has 0 radical (unpaired) electrons. The zero-order chi connectivity index (χ0) is 12.7. The SMILES string of the molecule is Nc1cc(C(F)(F)F)cc(O)c1C(F)(F)F. The monoisotopic (exact) mass is 245 g/mol. The summed E-state index contributed by atoms with van der Waals surface area (Å²) in [6, 6.07) is 0.113. The van der Waals surface area contributed by atoms with Gasteiger partial charge in [-0.05, 0) is 12.1 Å². The van der Waals surface area contributed by atoms with Crippen molar-refractivity contribution in [3.05, 3.63) is 23.3 Å². The number of hydrogen-bond acceptors (Lipinski definition) is 2. The number of rotatable bonds is 0. The summed E-state index contributed by atoms with van der Waals surface area (Å²) < 4.78 is 73.0. The van der Waals surface area contributed by atoms with Crippen LogP contribution in [-0.2, 0) is 12.4 Å². The summed E-state index contributed by atoms with van der Waals surface area (Å²) in [6.45, 7) is 0. The van der Waals surface area contributed by atoms with Gasteiger partial charge in [0.2, 0.25) is 0 Å². The topological polar surface area (TPSA) is 46.2 Å². The molecule has 1 aromatic rings. The highest BCUT2D eigenvalue weighted by molar-refractivity contribution is 5.58. The molecule has 0 amide bonds. The number of nitrogen functional groups attached to an aromatic ring is 1. The highest BCUT2D eigenvalue weighted by atomic mass is 19.4. The number of benzene rings is 1. The molecule has 1 rings (SSSR count). The molecule has 0 bridgehead atoms. The first kappa shape index (κ1) is 12.5. The van der Waals surface area contributed by atoms with E-state index in [2.05, 4.69) is 0 Å². The highest BCUT2D eigenvalue weighted by Crippen LogP contribution is 2.43. The van der Waals surface area contributed by atoms with Gasteiger partial charge in [-0.1, -0.05) is 0 Å². The van der Waals surface area contributed by atoms with Crippen molar-refractivity contribution in [2.45, 2.75) is 12.4 Å². The molecule has 90 valence electrons. The third kappa shape index (κ3) is 2.31. The lowest BCUT2D eigenvalue weighted by Gasteiger charge is -2.14. The van der Waals surface area contributed by atoms with E-state index in [1.807, 2.05) is 0 Å². The lowest BCUT2D eigenvalue weighted by atomic mass is 10.1. The van der Waals surface area contributed by atoms with E-state index in [1.165, 1.54) is 0 Å². The number of hydrogen-bond donors (Lipinski definition) is 2. The van der Waals surface area contributed by atoms with E-state index in [9.17, 15) is 26.3 Å². The summed E-state index contributed by atoms with van der Waals surface area (Å²) in [5.74, 6) is -1.54. The predicted octanol–water partition coefficient (Wildman–Crippen LogP) is 3.01. The summed E-state index contributed by atoms with van der Waals surface area (Å²) >= 11 is 0. The van der Waals surface area contributed by atoms with Crippen molar-refractivity contribution in [2.24, 2.45) is 0 Å². The fourth-order valence-electron chi connectivity index (χ4n) is 1.12. The second-order valence-corrected chi connectivity index (χ2v) is 2.96. The first-order chi connectivity index (χ1) is 7.03. The van der Waals surface area contributed by atoms with Crippen LogP contribution in [0.25, 0.3) is 0 Å². The van der Waals surface area contributed by atoms with Crippen LogP contribution in [0.5, 0.6) is 5.75 Å². The van der Waals surface area contributed by atoms with Crippen LogP contribution >= 0.6 is 0 Å². The van der Waals surface area contributed by atoms with Crippen LogP contribution in [0.4, 0.5) is 32.0 Å². The second kappa shape index (κ2) is 3.46. The predicted molar refractivity (Wildman–Crippen MR) is 42.5 cm³/mol. The molecule has 0 saturated heterocycles. The third-order valence-electron chi connectivity index (χ3n) is 1.76. The van der Waals surface area contributed by atoms with Gasteiger partial charge in [0.15, 0.2) is 0 Å². The Balaban J connectivity index is 3.41. The van der Waals surface area contributed by atoms with Gasteiger partial charge in [0.1, 0.15) is 11.3 Å². The number of aromatic hydroxyl groups is 1. The van der Waals surface area contributed by atoms with Crippen LogP contribution in [0.15, 0.2) is 12.1 Å². The van der Waals surface area contributed by atoms with Gasteiger partial charge in [0.25, 0.3) is 0 Å². The van der Waals surface area contributed by atoms with E-state index >= 15 is 0 Å². The van der Waals surface area contributed by atoms with E-state index in [1.54, 1.807) is 0 Å². The van der Waals surface area contributed by atoms with Crippen LogP contribution in [-0.4, -0.2) is 5.11 Å². The number of alkyl halides is 6. The average molecular weight is 245 g/mol. The summed E-state index contributed by atoms with van der Waals surface area (Å²) in [7, 11) is 0. The Labute approximate surface area is 85.3 Å². The van der Waals surface area contributed by atoms with Gasteiger partial charge in [-0.2, -0.15) is 26.3 Å². The zero-order valence-electron chi connectivity index (χ0n) is 7.45. The molecule has 8 heteroatoms. The fourth-order valence-corrected chi connectivity index (χ4v) is 1.12. The summed E-state index contributed by atoms with van der Waals surface area (Å²) in [6.07, 6.45) is -9.87. The fraction of sp³-hybridized carbons (Fsp3) is 0.250. The summed E-state index contributed by atoms with van der Waals surface area (Å²) in [5.41, 5.74) is 0.557. The molecular weight excluding hydrogens is 240 g/mol. The molecule has 2 nitrogen and oxygen atoms in total. The van der Waals surface area contributed by atoms with Crippen molar-refractivity contribution in [3.8, 4) is 5.75 Å². The first-order valence-electron chi connectivity index (χ1n) is 3.80. The molecule has 0 atom stereocenters. The summed E-state index contributed by atoms with van der Waals surface area (Å²) in [5, 5.41) is 8.87. The molecule has 1 aromatic carbocycles. The Morgan fingerprint density at radius 2 is 1.44 bits per heavy atom. The van der Waals surface area contributed by atoms with E-state index in [0.29, 0.717) is 0 Å². The van der Waals surface area contributed by atoms with E-state index in [4.69, 9.17) is 10.8 Å². The molecule has 0 aliphatic rings. The van der Waals surface area contributed by atoms with Gasteiger partial charge in [-0.15, -0.1) is 0 Å². The van der Waals surface area contributed by atoms with Crippen molar-refractivity contribution in [3.63, 3.8) is 0 Å². The lowest BCUT2D eigenvalue weighted by Crippen LogP contribution is -2.12. The maximum Gasteiger partial charge on any atom is 0.421 e. The molecule has 0 aliphatic carbocycles. The zero-order valence-corrected chi connectivity index (χ0v) is 7.45. The largest absolute Gasteiger partial charge is 0.507 e. The molecular formula is C8H5F6NO. The van der Waals surface area contributed by atoms with Crippen LogP contribution in [0.3, 0.4) is 0 Å². The maximum absolute atomic E-state index is 12.2.